The maximum atomic E-state index is 12.4. The number of anilines is 2. The largest absolute Gasteiger partial charge is 0.331 e. The minimum atomic E-state index is -3.75. The van der Waals surface area contributed by atoms with Crippen molar-refractivity contribution in [2.45, 2.75) is 11.8 Å². The third kappa shape index (κ3) is 3.97. The van der Waals surface area contributed by atoms with Crippen LogP contribution < -0.4 is 20.8 Å². The number of primary sulfonamides is 1. The summed E-state index contributed by atoms with van der Waals surface area (Å²) < 4.78 is 22.5. The molecule has 0 spiro atoms. The predicted octanol–water partition coefficient (Wildman–Crippen LogP) is 1.31. The molecule has 0 bridgehead atoms. The molecule has 10 heteroatoms. The Hall–Kier alpha value is -2.82. The van der Waals surface area contributed by atoms with E-state index in [0.717, 1.165) is 16.8 Å². The Morgan fingerprint density at radius 2 is 1.85 bits per heavy atom. The Labute approximate surface area is 162 Å². The average Bonchev–Trinajstić information content (AvgIpc) is 2.83. The first kappa shape index (κ1) is 19.0. The van der Waals surface area contributed by atoms with Crippen molar-refractivity contribution < 1.29 is 13.2 Å². The van der Waals surface area contributed by atoms with Crippen LogP contribution in [0.15, 0.2) is 52.5 Å². The molecule has 2 aromatic rings. The molecule has 0 aromatic heterocycles. The van der Waals surface area contributed by atoms with Gasteiger partial charge in [0.25, 0.3) is 5.91 Å². The molecule has 0 unspecified atom stereocenters. The molecular weight excluding hydrogens is 386 g/mol. The summed E-state index contributed by atoms with van der Waals surface area (Å²) in [5.74, 6) is -0.233. The Morgan fingerprint density at radius 1 is 1.19 bits per heavy atom. The average molecular weight is 403 g/mol. The van der Waals surface area contributed by atoms with E-state index < -0.39 is 10.0 Å². The Balaban J connectivity index is 1.74. The van der Waals surface area contributed by atoms with Gasteiger partial charge in [0, 0.05) is 18.3 Å². The fourth-order valence-corrected chi connectivity index (χ4v) is 3.30. The number of amides is 1. The van der Waals surface area contributed by atoms with Gasteiger partial charge in [-0.05, 0) is 55.5 Å². The molecule has 0 radical (unpaired) electrons. The first-order valence-corrected chi connectivity index (χ1v) is 9.79. The molecule has 140 valence electrons. The Morgan fingerprint density at radius 3 is 2.48 bits per heavy atom. The monoisotopic (exact) mass is 403 g/mol. The lowest BCUT2D eigenvalue weighted by Gasteiger charge is -2.08. The highest BCUT2D eigenvalue weighted by Crippen LogP contribution is 2.28. The number of aryl methyl sites for hydroxylation is 1. The second-order valence-electron chi connectivity index (χ2n) is 5.98. The lowest BCUT2D eigenvalue weighted by atomic mass is 10.1. The number of likely N-dealkylation sites (N-methyl/N-ethyl adjacent to an activating group) is 1. The van der Waals surface area contributed by atoms with Crippen LogP contribution in [0.4, 0.5) is 11.4 Å². The van der Waals surface area contributed by atoms with Crippen LogP contribution in [0, 0.1) is 6.92 Å². The molecule has 0 saturated carbocycles. The molecule has 1 aliphatic rings. The number of hydrogen-bond donors (Lipinski definition) is 3. The number of benzene rings is 2. The van der Waals surface area contributed by atoms with Gasteiger partial charge in [0.2, 0.25) is 10.0 Å². The zero-order valence-corrected chi connectivity index (χ0v) is 16.2. The smallest absolute Gasteiger partial charge is 0.279 e. The zero-order valence-electron chi connectivity index (χ0n) is 14.6. The van der Waals surface area contributed by atoms with Gasteiger partial charge in [0.05, 0.1) is 10.6 Å². The topological polar surface area (TPSA) is 117 Å². The molecule has 1 heterocycles. The van der Waals surface area contributed by atoms with E-state index in [9.17, 15) is 13.2 Å². The van der Waals surface area contributed by atoms with Crippen LogP contribution in [-0.4, -0.2) is 32.2 Å². The number of rotatable bonds is 3. The second kappa shape index (κ2) is 7.06. The zero-order chi connectivity index (χ0) is 19.8. The van der Waals surface area contributed by atoms with Crippen LogP contribution in [0.2, 0.25) is 0 Å². The minimum Gasteiger partial charge on any atom is -0.331 e. The molecule has 1 amide bonds. The van der Waals surface area contributed by atoms with E-state index in [2.05, 4.69) is 15.8 Å². The summed E-state index contributed by atoms with van der Waals surface area (Å²) in [7, 11) is -2.07. The highest BCUT2D eigenvalue weighted by molar-refractivity contribution is 7.89. The summed E-state index contributed by atoms with van der Waals surface area (Å²) in [6.07, 6.45) is 0. The first-order chi connectivity index (χ1) is 12.7. The molecular formula is C17H17N5O3S2. The van der Waals surface area contributed by atoms with Crippen molar-refractivity contribution >= 4 is 50.3 Å². The number of thiocarbonyl (C=S) groups is 1. The standard InChI is InChI=1S/C17H17N5O3S2/c1-10-3-8-14-13(9-10)15(16(23)22(14)2)20-21-17(26)19-11-4-6-12(7-5-11)27(18,24)25/h3-9H,1-2H3,(H2,18,24,25)(H2,19,21,26). The maximum absolute atomic E-state index is 12.4. The normalized spacial score (nSPS) is 15.0. The summed E-state index contributed by atoms with van der Waals surface area (Å²) in [5.41, 5.74) is 5.99. The maximum Gasteiger partial charge on any atom is 0.279 e. The fourth-order valence-electron chi connectivity index (χ4n) is 2.62. The number of hydrazone groups is 1. The Kier molecular flexibility index (Phi) is 4.96. The highest BCUT2D eigenvalue weighted by atomic mass is 32.2. The van der Waals surface area contributed by atoms with Gasteiger partial charge in [-0.15, -0.1) is 0 Å². The van der Waals surface area contributed by atoms with Crippen molar-refractivity contribution in [3.63, 3.8) is 0 Å². The number of hydrogen-bond acceptors (Lipinski definition) is 5. The number of carbonyl (C=O) groups is 1. The molecule has 27 heavy (non-hydrogen) atoms. The molecule has 8 nitrogen and oxygen atoms in total. The van der Waals surface area contributed by atoms with Gasteiger partial charge in [0.1, 0.15) is 0 Å². The number of fused-ring (bicyclic) bond motifs is 1. The van der Waals surface area contributed by atoms with Gasteiger partial charge in [-0.2, -0.15) is 5.10 Å². The molecule has 0 saturated heterocycles. The van der Waals surface area contributed by atoms with Crippen LogP contribution in [-0.2, 0) is 14.8 Å². The number of nitrogens with two attached hydrogens (primary N) is 1. The number of nitrogens with zero attached hydrogens (tertiary/aromatic N) is 2. The quantitative estimate of drug-likeness (QED) is 0.525. The van der Waals surface area contributed by atoms with Gasteiger partial charge in [-0.25, -0.2) is 13.6 Å². The van der Waals surface area contributed by atoms with Crippen molar-refractivity contribution in [2.75, 3.05) is 17.3 Å². The van der Waals surface area contributed by atoms with Crippen molar-refractivity contribution in [1.29, 1.82) is 0 Å². The van der Waals surface area contributed by atoms with E-state index in [0.29, 0.717) is 5.69 Å². The summed E-state index contributed by atoms with van der Waals surface area (Å²) >= 11 is 5.17. The molecule has 0 atom stereocenters. The summed E-state index contributed by atoms with van der Waals surface area (Å²) in [6, 6.07) is 11.5. The minimum absolute atomic E-state index is 0.00117. The van der Waals surface area contributed by atoms with Crippen molar-refractivity contribution in [3.8, 4) is 0 Å². The molecule has 2 aromatic carbocycles. The van der Waals surface area contributed by atoms with Gasteiger partial charge in [0.15, 0.2) is 10.8 Å². The third-order valence-electron chi connectivity index (χ3n) is 3.99. The van der Waals surface area contributed by atoms with Crippen molar-refractivity contribution in [2.24, 2.45) is 10.2 Å². The lowest BCUT2D eigenvalue weighted by Crippen LogP contribution is -2.30. The van der Waals surface area contributed by atoms with E-state index in [1.807, 2.05) is 25.1 Å². The SMILES string of the molecule is Cc1ccc2c(c1)C(=NNC(=S)Nc1ccc(S(N)(=O)=O)cc1)C(=O)N2C. The fraction of sp³-hybridized carbons (Fsp3) is 0.118. The third-order valence-corrected chi connectivity index (χ3v) is 5.11. The van der Waals surface area contributed by atoms with E-state index in [-0.39, 0.29) is 21.6 Å². The van der Waals surface area contributed by atoms with Crippen LogP contribution in [0.1, 0.15) is 11.1 Å². The highest BCUT2D eigenvalue weighted by Gasteiger charge is 2.31. The molecule has 0 aliphatic carbocycles. The number of carbonyl (C=O) groups excluding carboxylic acids is 1. The number of nitrogens with one attached hydrogen (secondary N) is 2. The summed E-state index contributed by atoms with van der Waals surface area (Å²) in [5, 5.41) is 12.2. The lowest BCUT2D eigenvalue weighted by molar-refractivity contribution is -0.111. The van der Waals surface area contributed by atoms with Crippen LogP contribution in [0.5, 0.6) is 0 Å². The van der Waals surface area contributed by atoms with Crippen molar-refractivity contribution in [1.82, 2.24) is 5.43 Å². The first-order valence-electron chi connectivity index (χ1n) is 7.83. The van der Waals surface area contributed by atoms with Gasteiger partial charge >= 0.3 is 0 Å². The molecule has 4 N–H and O–H groups in total. The summed E-state index contributed by atoms with van der Waals surface area (Å²) in [4.78, 5) is 13.9. The second-order valence-corrected chi connectivity index (χ2v) is 7.95. The molecule has 0 fully saturated rings. The summed E-state index contributed by atoms with van der Waals surface area (Å²) in [6.45, 7) is 1.94. The van der Waals surface area contributed by atoms with Gasteiger partial charge in [-0.3, -0.25) is 10.2 Å². The van der Waals surface area contributed by atoms with E-state index in [4.69, 9.17) is 17.4 Å². The van der Waals surface area contributed by atoms with Crippen LogP contribution >= 0.6 is 12.2 Å². The van der Waals surface area contributed by atoms with Gasteiger partial charge in [-0.1, -0.05) is 11.6 Å². The molecule has 1 aliphatic heterocycles. The van der Waals surface area contributed by atoms with E-state index in [1.54, 1.807) is 7.05 Å². The van der Waals surface area contributed by atoms with Crippen molar-refractivity contribution in [3.05, 3.63) is 53.6 Å². The molecule has 3 rings (SSSR count). The van der Waals surface area contributed by atoms with E-state index >= 15 is 0 Å². The predicted molar refractivity (Wildman–Crippen MR) is 108 cm³/mol. The number of sulfonamides is 1. The van der Waals surface area contributed by atoms with Crippen LogP contribution in [0.25, 0.3) is 0 Å². The van der Waals surface area contributed by atoms with Crippen LogP contribution in [0.3, 0.4) is 0 Å². The Bertz CT molecular complexity index is 1060. The van der Waals surface area contributed by atoms with Gasteiger partial charge < -0.3 is 10.2 Å². The van der Waals surface area contributed by atoms with E-state index in [1.165, 1.54) is 29.2 Å².